The lowest BCUT2D eigenvalue weighted by atomic mass is 10.2. The van der Waals surface area contributed by atoms with Crippen molar-refractivity contribution >= 4 is 28.6 Å². The van der Waals surface area contributed by atoms with Gasteiger partial charge in [-0.1, -0.05) is 37.2 Å². The molecule has 124 valence electrons. The van der Waals surface area contributed by atoms with Crippen LogP contribution < -0.4 is 0 Å². The number of thioether (sulfide) groups is 1. The van der Waals surface area contributed by atoms with Gasteiger partial charge in [-0.2, -0.15) is 0 Å². The summed E-state index contributed by atoms with van der Waals surface area (Å²) in [7, 11) is 0. The Bertz CT molecular complexity index is 847. The molecule has 24 heavy (non-hydrogen) atoms. The number of non-ortho nitro benzene ring substituents is 1. The lowest BCUT2D eigenvalue weighted by Crippen LogP contribution is -1.97. The van der Waals surface area contributed by atoms with Crippen LogP contribution in [0.1, 0.15) is 25.3 Å². The van der Waals surface area contributed by atoms with Crippen molar-refractivity contribution in [2.75, 3.05) is 0 Å². The fraction of sp³-hybridized carbons (Fsp3) is 0.312. The maximum atomic E-state index is 10.7. The summed E-state index contributed by atoms with van der Waals surface area (Å²) in [6, 6.07) is 6.57. The highest BCUT2D eigenvalue weighted by Crippen LogP contribution is 2.27. The maximum absolute atomic E-state index is 10.7. The second-order valence-corrected chi connectivity index (χ2v) is 6.32. The van der Waals surface area contributed by atoms with Crippen molar-refractivity contribution in [1.82, 2.24) is 19.5 Å². The zero-order valence-corrected chi connectivity index (χ0v) is 14.1. The average Bonchev–Trinajstić information content (AvgIpc) is 3.02. The summed E-state index contributed by atoms with van der Waals surface area (Å²) < 4.78 is 2.05. The van der Waals surface area contributed by atoms with Crippen LogP contribution in [0.4, 0.5) is 5.69 Å². The number of nitrogens with zero attached hydrogens (tertiary/aromatic N) is 5. The first-order valence-electron chi connectivity index (χ1n) is 7.71. The van der Waals surface area contributed by atoms with E-state index in [1.807, 2.05) is 6.33 Å². The third kappa shape index (κ3) is 3.53. The highest BCUT2D eigenvalue weighted by Gasteiger charge is 2.11. The first-order chi connectivity index (χ1) is 11.7. The van der Waals surface area contributed by atoms with E-state index in [2.05, 4.69) is 26.4 Å². The Kier molecular flexibility index (Phi) is 5.05. The monoisotopic (exact) mass is 343 g/mol. The molecule has 0 aliphatic carbocycles. The molecule has 2 aromatic heterocycles. The van der Waals surface area contributed by atoms with Crippen LogP contribution in [-0.4, -0.2) is 24.4 Å². The fourth-order valence-corrected chi connectivity index (χ4v) is 3.22. The number of fused-ring (bicyclic) bond motifs is 1. The van der Waals surface area contributed by atoms with Gasteiger partial charge in [0.25, 0.3) is 5.69 Å². The van der Waals surface area contributed by atoms with Gasteiger partial charge in [-0.3, -0.25) is 10.1 Å². The Labute approximate surface area is 143 Å². The minimum absolute atomic E-state index is 0.0999. The molecule has 0 unspecified atom stereocenters. The molecular formula is C16H17N5O2S. The van der Waals surface area contributed by atoms with Crippen LogP contribution in [0.3, 0.4) is 0 Å². The van der Waals surface area contributed by atoms with Gasteiger partial charge in [-0.25, -0.2) is 15.0 Å². The molecular weight excluding hydrogens is 326 g/mol. The summed E-state index contributed by atoms with van der Waals surface area (Å²) in [5.41, 5.74) is 2.76. The molecule has 2 heterocycles. The number of aromatic nitrogens is 4. The molecule has 0 saturated heterocycles. The van der Waals surface area contributed by atoms with Gasteiger partial charge in [0.1, 0.15) is 16.9 Å². The molecule has 0 saturated carbocycles. The Morgan fingerprint density at radius 3 is 2.71 bits per heavy atom. The van der Waals surface area contributed by atoms with Crippen molar-refractivity contribution < 1.29 is 4.92 Å². The highest BCUT2D eigenvalue weighted by atomic mass is 32.2. The predicted octanol–water partition coefficient (Wildman–Crippen LogP) is 3.83. The summed E-state index contributed by atoms with van der Waals surface area (Å²) in [4.78, 5) is 23.4. The number of aryl methyl sites for hydroxylation is 1. The number of nitro groups is 1. The molecule has 0 aliphatic rings. The Hall–Kier alpha value is -2.48. The summed E-state index contributed by atoms with van der Waals surface area (Å²) in [6.07, 6.45) is 5.57. The van der Waals surface area contributed by atoms with E-state index in [1.165, 1.54) is 12.1 Å². The largest absolute Gasteiger partial charge is 0.315 e. The maximum Gasteiger partial charge on any atom is 0.269 e. The Balaban J connectivity index is 1.75. The lowest BCUT2D eigenvalue weighted by Gasteiger charge is -2.04. The third-order valence-electron chi connectivity index (χ3n) is 3.64. The molecule has 0 aliphatic heterocycles. The van der Waals surface area contributed by atoms with E-state index in [0.29, 0.717) is 5.75 Å². The van der Waals surface area contributed by atoms with E-state index in [9.17, 15) is 10.1 Å². The van der Waals surface area contributed by atoms with Crippen molar-refractivity contribution in [3.05, 3.63) is 52.6 Å². The van der Waals surface area contributed by atoms with Crippen LogP contribution in [0.25, 0.3) is 11.2 Å². The second kappa shape index (κ2) is 7.39. The number of rotatable bonds is 7. The van der Waals surface area contributed by atoms with Crippen LogP contribution >= 0.6 is 11.8 Å². The van der Waals surface area contributed by atoms with E-state index in [-0.39, 0.29) is 5.69 Å². The van der Waals surface area contributed by atoms with Gasteiger partial charge in [-0.05, 0) is 12.0 Å². The molecule has 0 N–H and O–H groups in total. The average molecular weight is 343 g/mol. The van der Waals surface area contributed by atoms with Gasteiger partial charge in [0.05, 0.1) is 11.3 Å². The molecule has 0 spiro atoms. The smallest absolute Gasteiger partial charge is 0.269 e. The Morgan fingerprint density at radius 2 is 2.00 bits per heavy atom. The van der Waals surface area contributed by atoms with Gasteiger partial charge in [0.2, 0.25) is 0 Å². The topological polar surface area (TPSA) is 86.7 Å². The standard InChI is InChI=1S/C16H17N5O2S/c1-2-3-8-20-11-19-14-15(20)17-10-18-16(14)24-9-12-4-6-13(7-5-12)21(22)23/h4-7,10-11H,2-3,8-9H2,1H3. The van der Waals surface area contributed by atoms with Gasteiger partial charge < -0.3 is 4.57 Å². The molecule has 0 fully saturated rings. The van der Waals surface area contributed by atoms with E-state index >= 15 is 0 Å². The minimum Gasteiger partial charge on any atom is -0.315 e. The van der Waals surface area contributed by atoms with E-state index in [1.54, 1.807) is 30.2 Å². The molecule has 0 bridgehead atoms. The lowest BCUT2D eigenvalue weighted by molar-refractivity contribution is -0.384. The van der Waals surface area contributed by atoms with Gasteiger partial charge in [0, 0.05) is 24.4 Å². The molecule has 3 aromatic rings. The van der Waals surface area contributed by atoms with Gasteiger partial charge >= 0.3 is 0 Å². The summed E-state index contributed by atoms with van der Waals surface area (Å²) in [5, 5.41) is 11.5. The normalized spacial score (nSPS) is 11.0. The molecule has 0 atom stereocenters. The van der Waals surface area contributed by atoms with Crippen LogP contribution in [0.5, 0.6) is 0 Å². The van der Waals surface area contributed by atoms with Crippen molar-refractivity contribution in [3.63, 3.8) is 0 Å². The summed E-state index contributed by atoms with van der Waals surface area (Å²) in [5.74, 6) is 0.673. The Morgan fingerprint density at radius 1 is 1.21 bits per heavy atom. The van der Waals surface area contributed by atoms with E-state index in [4.69, 9.17) is 0 Å². The molecule has 0 amide bonds. The number of hydrogen-bond donors (Lipinski definition) is 0. The number of benzene rings is 1. The summed E-state index contributed by atoms with van der Waals surface area (Å²) >= 11 is 1.56. The third-order valence-corrected chi connectivity index (χ3v) is 4.69. The van der Waals surface area contributed by atoms with E-state index in [0.717, 1.165) is 41.1 Å². The van der Waals surface area contributed by atoms with Crippen LogP contribution in [0, 0.1) is 10.1 Å². The van der Waals surface area contributed by atoms with Crippen molar-refractivity contribution in [2.45, 2.75) is 37.1 Å². The minimum atomic E-state index is -0.395. The molecule has 3 rings (SSSR count). The van der Waals surface area contributed by atoms with Gasteiger partial charge in [-0.15, -0.1) is 0 Å². The SMILES string of the molecule is CCCCn1cnc2c(SCc3ccc([N+](=O)[O-])cc3)ncnc21. The number of hydrogen-bond acceptors (Lipinski definition) is 6. The highest BCUT2D eigenvalue weighted by molar-refractivity contribution is 7.98. The zero-order chi connectivity index (χ0) is 16.9. The van der Waals surface area contributed by atoms with E-state index < -0.39 is 4.92 Å². The molecule has 1 aromatic carbocycles. The number of imidazole rings is 1. The molecule has 7 nitrogen and oxygen atoms in total. The summed E-state index contributed by atoms with van der Waals surface area (Å²) in [6.45, 7) is 3.05. The molecule has 8 heteroatoms. The predicted molar refractivity (Wildman–Crippen MR) is 92.9 cm³/mol. The number of nitro benzene ring substituents is 1. The van der Waals surface area contributed by atoms with Crippen LogP contribution in [-0.2, 0) is 12.3 Å². The molecule has 0 radical (unpaired) electrons. The zero-order valence-electron chi connectivity index (χ0n) is 13.3. The van der Waals surface area contributed by atoms with Crippen LogP contribution in [0.2, 0.25) is 0 Å². The number of unbranched alkanes of at least 4 members (excludes halogenated alkanes) is 1. The second-order valence-electron chi connectivity index (χ2n) is 5.35. The van der Waals surface area contributed by atoms with Crippen LogP contribution in [0.15, 0.2) is 41.9 Å². The van der Waals surface area contributed by atoms with Crippen molar-refractivity contribution in [2.24, 2.45) is 0 Å². The quantitative estimate of drug-likeness (QED) is 0.280. The first-order valence-corrected chi connectivity index (χ1v) is 8.69. The first kappa shape index (κ1) is 16.4. The fourth-order valence-electron chi connectivity index (χ4n) is 2.32. The van der Waals surface area contributed by atoms with Crippen molar-refractivity contribution in [3.8, 4) is 0 Å². The van der Waals surface area contributed by atoms with Crippen molar-refractivity contribution in [1.29, 1.82) is 0 Å². The van der Waals surface area contributed by atoms with Gasteiger partial charge in [0.15, 0.2) is 5.65 Å².